The number of hydrogen-bond acceptors (Lipinski definition) is 0. The Balaban J connectivity index is 0.000000640. The Bertz CT molecular complexity index is 167. The Morgan fingerprint density at radius 3 is 2.00 bits per heavy atom. The predicted molar refractivity (Wildman–Crippen MR) is 36.2 cm³/mol. The largest absolute Gasteiger partial charge is 0.210 e. The second kappa shape index (κ2) is 3.25. The molecule has 1 rings (SSSR count). The maximum atomic E-state index is 2.16. The molecule has 0 aromatic heterocycles. The predicted octanol–water partition coefficient (Wildman–Crippen LogP) is 2.33. The molecule has 1 aromatic rings. The Morgan fingerprint density at radius 1 is 1.33 bits per heavy atom. The Labute approximate surface area is 70.3 Å². The quantitative estimate of drug-likeness (QED) is 0.644. The average molecular weight is 293 g/mol. The second-order valence-electron chi connectivity index (χ2n) is 2.32. The van der Waals surface area contributed by atoms with Crippen LogP contribution in [0.15, 0.2) is 12.1 Å². The molecule has 0 nitrogen and oxygen atoms in total. The molecule has 51 valence electrons. The van der Waals surface area contributed by atoms with E-state index in [2.05, 4.69) is 32.9 Å². The van der Waals surface area contributed by atoms with Gasteiger partial charge in [0.15, 0.2) is 0 Å². The third-order valence-corrected chi connectivity index (χ3v) is 1.77. The maximum absolute atomic E-state index is 2.16. The minimum atomic E-state index is 0. The summed E-state index contributed by atoms with van der Waals surface area (Å²) >= 11 is 0. The van der Waals surface area contributed by atoms with Gasteiger partial charge in [-0.1, -0.05) is 20.8 Å². The summed E-state index contributed by atoms with van der Waals surface area (Å²) in [4.78, 5) is 0. The van der Waals surface area contributed by atoms with Crippen LogP contribution in [0.3, 0.4) is 0 Å². The van der Waals surface area contributed by atoms with Crippen molar-refractivity contribution in [2.24, 2.45) is 0 Å². The molecular weight excluding hydrogens is 282 g/mol. The Kier molecular flexibility index (Phi) is 3.25. The normalized spacial score (nSPS) is 8.78. The van der Waals surface area contributed by atoms with Crippen LogP contribution >= 0.6 is 0 Å². The monoisotopic (exact) mass is 294 g/mol. The zero-order chi connectivity index (χ0) is 6.15. The van der Waals surface area contributed by atoms with Gasteiger partial charge >= 0.3 is 0 Å². The summed E-state index contributed by atoms with van der Waals surface area (Å²) in [6.45, 7) is 6.44. The van der Waals surface area contributed by atoms with Gasteiger partial charge in [-0.3, -0.25) is 0 Å². The molecule has 0 bridgehead atoms. The summed E-state index contributed by atoms with van der Waals surface area (Å²) in [7, 11) is 0. The first-order valence-electron chi connectivity index (χ1n) is 2.91. The maximum Gasteiger partial charge on any atom is 0 e. The summed E-state index contributed by atoms with van der Waals surface area (Å²) in [6, 6.07) is 4.31. The molecule has 9 heavy (non-hydrogen) atoms. The van der Waals surface area contributed by atoms with Crippen LogP contribution in [0.2, 0.25) is 0 Å². The molecule has 0 N–H and O–H groups in total. The van der Waals surface area contributed by atoms with Crippen LogP contribution in [0.4, 0.5) is 0 Å². The second-order valence-corrected chi connectivity index (χ2v) is 2.32. The van der Waals surface area contributed by atoms with E-state index >= 15 is 0 Å². The van der Waals surface area contributed by atoms with E-state index in [1.165, 1.54) is 16.7 Å². The van der Waals surface area contributed by atoms with Crippen LogP contribution in [0, 0.1) is 20.8 Å². The molecule has 0 fully saturated rings. The van der Waals surface area contributed by atoms with E-state index in [1.807, 2.05) is 0 Å². The van der Waals surface area contributed by atoms with Gasteiger partial charge in [0.2, 0.25) is 0 Å². The fraction of sp³-hybridized carbons (Fsp3) is 0.375. The molecule has 0 atom stereocenters. The molecule has 0 aliphatic rings. The van der Waals surface area contributed by atoms with Crippen molar-refractivity contribution in [2.45, 2.75) is 20.8 Å². The van der Waals surface area contributed by atoms with Crippen molar-refractivity contribution in [3.8, 4) is 0 Å². The summed E-state index contributed by atoms with van der Waals surface area (Å²) in [5.41, 5.74) is 4.25. The molecule has 0 aliphatic heterocycles. The van der Waals surface area contributed by atoms with Crippen LogP contribution in [-0.4, -0.2) is 0 Å². The first kappa shape index (κ1) is 9.01. The molecule has 1 radical (unpaired) electrons. The Morgan fingerprint density at radius 2 is 1.89 bits per heavy atom. The third kappa shape index (κ3) is 1.71. The van der Waals surface area contributed by atoms with Crippen LogP contribution in [0.5, 0.6) is 0 Å². The first-order valence-corrected chi connectivity index (χ1v) is 2.91. The molecule has 0 saturated heterocycles. The zero-order valence-electron chi connectivity index (χ0n) is 6.03. The first-order chi connectivity index (χ1) is 3.72. The molecule has 1 heteroatoms. The van der Waals surface area contributed by atoms with Crippen molar-refractivity contribution in [3.05, 3.63) is 28.8 Å². The molecule has 0 spiro atoms. The van der Waals surface area contributed by atoms with Crippen LogP contribution in [0.25, 0.3) is 0 Å². The molecule has 0 heterocycles. The smallest absolute Gasteiger partial charge is 0 e. The molecule has 0 amide bonds. The van der Waals surface area contributed by atoms with Crippen molar-refractivity contribution in [1.82, 2.24) is 0 Å². The van der Waals surface area contributed by atoms with E-state index in [-0.39, 0.29) is 20.4 Å². The summed E-state index contributed by atoms with van der Waals surface area (Å²) < 4.78 is 0. The van der Waals surface area contributed by atoms with Crippen molar-refractivity contribution < 1.29 is 20.4 Å². The van der Waals surface area contributed by atoms with E-state index < -0.39 is 0 Å². The molecule has 1 aromatic carbocycles. The fourth-order valence-corrected chi connectivity index (χ4v) is 0.811. The van der Waals surface area contributed by atoms with E-state index in [0.29, 0.717) is 0 Å². The van der Waals surface area contributed by atoms with Gasteiger partial charge in [-0.2, -0.15) is 22.8 Å². The van der Waals surface area contributed by atoms with E-state index in [9.17, 15) is 0 Å². The summed E-state index contributed by atoms with van der Waals surface area (Å²) in [5.74, 6) is 0. The van der Waals surface area contributed by atoms with Gasteiger partial charge < -0.3 is 0 Å². The van der Waals surface area contributed by atoms with Crippen molar-refractivity contribution in [3.63, 3.8) is 0 Å². The van der Waals surface area contributed by atoms with Crippen molar-refractivity contribution in [2.75, 3.05) is 0 Å². The third-order valence-electron chi connectivity index (χ3n) is 1.77. The minimum Gasteiger partial charge on any atom is -0.210 e. The van der Waals surface area contributed by atoms with Crippen molar-refractivity contribution >= 4 is 0 Å². The van der Waals surface area contributed by atoms with Crippen LogP contribution < -0.4 is 0 Å². The van der Waals surface area contributed by atoms with Gasteiger partial charge in [-0.05, 0) is 0 Å². The standard InChI is InChI=1S/C8H11.Re/c1-6-4-5-7(2)8(6)3;/h4-5H,1-3H3;/q-1;. The molecule has 0 unspecified atom stereocenters. The molecule has 0 aliphatic carbocycles. The van der Waals surface area contributed by atoms with E-state index in [4.69, 9.17) is 0 Å². The van der Waals surface area contributed by atoms with Gasteiger partial charge in [0, 0.05) is 20.4 Å². The van der Waals surface area contributed by atoms with Crippen LogP contribution in [-0.2, 0) is 20.4 Å². The molecule has 0 saturated carbocycles. The molecular formula is C8H11Re-. The number of hydrogen-bond donors (Lipinski definition) is 0. The summed E-state index contributed by atoms with van der Waals surface area (Å²) in [5, 5.41) is 0. The van der Waals surface area contributed by atoms with E-state index in [1.54, 1.807) is 0 Å². The SMILES string of the molecule is Cc1cc[c-](C)c1C.[Re]. The zero-order valence-corrected chi connectivity index (χ0v) is 8.75. The van der Waals surface area contributed by atoms with Gasteiger partial charge in [-0.25, -0.2) is 6.07 Å². The van der Waals surface area contributed by atoms with Gasteiger partial charge in [0.25, 0.3) is 0 Å². The van der Waals surface area contributed by atoms with Gasteiger partial charge in [-0.15, -0.1) is 0 Å². The van der Waals surface area contributed by atoms with Gasteiger partial charge in [0.05, 0.1) is 0 Å². The minimum absolute atomic E-state index is 0. The Hall–Kier alpha value is 0.0123. The summed E-state index contributed by atoms with van der Waals surface area (Å²) in [6.07, 6.45) is 0. The topological polar surface area (TPSA) is 0 Å². The number of aryl methyl sites for hydroxylation is 2. The van der Waals surface area contributed by atoms with Crippen LogP contribution in [0.1, 0.15) is 16.7 Å². The fourth-order valence-electron chi connectivity index (χ4n) is 0.811. The van der Waals surface area contributed by atoms with E-state index in [0.717, 1.165) is 0 Å². The van der Waals surface area contributed by atoms with Gasteiger partial charge in [0.1, 0.15) is 0 Å². The average Bonchev–Trinajstić information content (AvgIpc) is 1.98. The van der Waals surface area contributed by atoms with Crippen molar-refractivity contribution in [1.29, 1.82) is 0 Å². The number of rotatable bonds is 0.